The molecule has 1 heterocycles. The summed E-state index contributed by atoms with van der Waals surface area (Å²) in [5.74, 6) is 0.749. The zero-order valence-corrected chi connectivity index (χ0v) is 12.8. The van der Waals surface area contributed by atoms with Crippen LogP contribution in [-0.2, 0) is 11.2 Å². The molecule has 2 rings (SSSR count). The van der Waals surface area contributed by atoms with Crippen LogP contribution in [0.2, 0.25) is 0 Å². The number of ether oxygens (including phenoxy) is 1. The van der Waals surface area contributed by atoms with Crippen molar-refractivity contribution in [2.24, 2.45) is 5.73 Å². The Morgan fingerprint density at radius 1 is 1.40 bits per heavy atom. The Labute approximate surface area is 126 Å². The van der Waals surface area contributed by atoms with Crippen LogP contribution in [0.3, 0.4) is 0 Å². The maximum Gasteiger partial charge on any atom is 0.261 e. The van der Waals surface area contributed by atoms with Gasteiger partial charge >= 0.3 is 0 Å². The summed E-state index contributed by atoms with van der Waals surface area (Å²) in [6.45, 7) is 4.53. The Balaban J connectivity index is 0.00000200. The lowest BCUT2D eigenvalue weighted by Gasteiger charge is -2.32. The number of halogens is 1. The van der Waals surface area contributed by atoms with E-state index in [9.17, 15) is 4.79 Å². The second-order valence-electron chi connectivity index (χ2n) is 5.10. The number of carbonyl (C=O) groups is 1. The number of carbonyl (C=O) groups excluding carboxylic acids is 1. The fraction of sp³-hybridized carbons (Fsp3) is 0.533. The predicted molar refractivity (Wildman–Crippen MR) is 82.3 cm³/mol. The van der Waals surface area contributed by atoms with Crippen molar-refractivity contribution in [3.8, 4) is 5.75 Å². The molecule has 20 heavy (non-hydrogen) atoms. The third-order valence-corrected chi connectivity index (χ3v) is 4.07. The van der Waals surface area contributed by atoms with E-state index >= 15 is 0 Å². The third-order valence-electron chi connectivity index (χ3n) is 4.07. The molecular formula is C15H23ClN2O2. The van der Waals surface area contributed by atoms with Crippen molar-refractivity contribution < 1.29 is 9.53 Å². The molecule has 0 bridgehead atoms. The minimum absolute atomic E-state index is 0. The molecule has 0 aromatic heterocycles. The number of amides is 1. The van der Waals surface area contributed by atoms with Gasteiger partial charge in [-0.1, -0.05) is 32.0 Å². The number of nitrogens with two attached hydrogens (primary N) is 1. The van der Waals surface area contributed by atoms with E-state index in [1.165, 1.54) is 0 Å². The molecule has 5 heteroatoms. The lowest BCUT2D eigenvalue weighted by Crippen LogP contribution is -2.56. The molecule has 112 valence electrons. The quantitative estimate of drug-likeness (QED) is 0.874. The van der Waals surface area contributed by atoms with Crippen LogP contribution in [0.1, 0.15) is 32.3 Å². The molecule has 3 N–H and O–H groups in total. The first kappa shape index (κ1) is 16.8. The van der Waals surface area contributed by atoms with Gasteiger partial charge in [0.15, 0.2) is 6.10 Å². The molecule has 1 amide bonds. The van der Waals surface area contributed by atoms with E-state index in [4.69, 9.17) is 10.5 Å². The monoisotopic (exact) mass is 298 g/mol. The third kappa shape index (κ3) is 3.25. The zero-order valence-electron chi connectivity index (χ0n) is 12.0. The average molecular weight is 299 g/mol. The first-order valence-corrected chi connectivity index (χ1v) is 6.90. The highest BCUT2D eigenvalue weighted by Gasteiger charge is 2.34. The Kier molecular flexibility index (Phi) is 5.84. The van der Waals surface area contributed by atoms with Gasteiger partial charge < -0.3 is 15.8 Å². The van der Waals surface area contributed by atoms with Gasteiger partial charge in [0.1, 0.15) is 5.75 Å². The van der Waals surface area contributed by atoms with E-state index in [1.807, 2.05) is 38.1 Å². The second-order valence-corrected chi connectivity index (χ2v) is 5.10. The largest absolute Gasteiger partial charge is 0.480 e. The van der Waals surface area contributed by atoms with Crippen LogP contribution >= 0.6 is 12.4 Å². The summed E-state index contributed by atoms with van der Waals surface area (Å²) in [4.78, 5) is 12.3. The Morgan fingerprint density at radius 3 is 2.60 bits per heavy atom. The summed E-state index contributed by atoms with van der Waals surface area (Å²) < 4.78 is 5.70. The van der Waals surface area contributed by atoms with Crippen LogP contribution in [0.4, 0.5) is 0 Å². The second kappa shape index (κ2) is 6.95. The zero-order chi connectivity index (χ0) is 13.9. The Hall–Kier alpha value is -1.26. The van der Waals surface area contributed by atoms with Gasteiger partial charge in [-0.05, 0) is 24.5 Å². The van der Waals surface area contributed by atoms with Crippen molar-refractivity contribution in [3.05, 3.63) is 29.8 Å². The van der Waals surface area contributed by atoms with E-state index in [1.54, 1.807) is 0 Å². The minimum Gasteiger partial charge on any atom is -0.480 e. The topological polar surface area (TPSA) is 64.3 Å². The number of nitrogens with one attached hydrogen (secondary N) is 1. The van der Waals surface area contributed by atoms with Gasteiger partial charge in [-0.3, -0.25) is 4.79 Å². The van der Waals surface area contributed by atoms with E-state index in [0.29, 0.717) is 13.0 Å². The van der Waals surface area contributed by atoms with E-state index in [2.05, 4.69) is 5.32 Å². The lowest BCUT2D eigenvalue weighted by atomic mass is 9.92. The smallest absolute Gasteiger partial charge is 0.261 e. The Bertz CT molecular complexity index is 428. The molecule has 0 fully saturated rings. The molecule has 0 radical (unpaired) electrons. The molecule has 0 spiro atoms. The highest BCUT2D eigenvalue weighted by atomic mass is 35.5. The standard InChI is InChI=1S/C15H22N2O2.ClH/c1-3-15(4-2,10-16)17-14(18)13-9-11-7-5-6-8-12(11)19-13;/h5-8,13H,3-4,9-10,16H2,1-2H3,(H,17,18);1H. The number of rotatable bonds is 5. The van der Waals surface area contributed by atoms with Crippen LogP contribution in [-0.4, -0.2) is 24.1 Å². The SMILES string of the molecule is CCC(CC)(CN)NC(=O)C1Cc2ccccc2O1.Cl. The Morgan fingerprint density at radius 2 is 2.05 bits per heavy atom. The molecule has 1 aliphatic rings. The van der Waals surface area contributed by atoms with Gasteiger partial charge in [0.05, 0.1) is 5.54 Å². The first-order valence-electron chi connectivity index (χ1n) is 6.90. The van der Waals surface area contributed by atoms with E-state index in [0.717, 1.165) is 24.2 Å². The van der Waals surface area contributed by atoms with Crippen LogP contribution in [0.5, 0.6) is 5.75 Å². The lowest BCUT2D eigenvalue weighted by molar-refractivity contribution is -0.129. The number of fused-ring (bicyclic) bond motifs is 1. The van der Waals surface area contributed by atoms with Gasteiger partial charge in [0.2, 0.25) is 0 Å². The van der Waals surface area contributed by atoms with Crippen LogP contribution < -0.4 is 15.8 Å². The van der Waals surface area contributed by atoms with Crippen molar-refractivity contribution in [1.29, 1.82) is 0 Å². The highest BCUT2D eigenvalue weighted by Crippen LogP contribution is 2.28. The summed E-state index contributed by atoms with van der Waals surface area (Å²) in [6.07, 6.45) is 1.86. The molecule has 0 saturated heterocycles. The van der Waals surface area contributed by atoms with Crippen LogP contribution in [0.25, 0.3) is 0 Å². The maximum absolute atomic E-state index is 12.3. The van der Waals surface area contributed by atoms with Gasteiger partial charge in [-0.2, -0.15) is 0 Å². The van der Waals surface area contributed by atoms with Crippen molar-refractivity contribution in [2.75, 3.05) is 6.54 Å². The minimum atomic E-state index is -0.429. The summed E-state index contributed by atoms with van der Waals surface area (Å²) in [6, 6.07) is 7.78. The first-order chi connectivity index (χ1) is 9.14. The summed E-state index contributed by atoms with van der Waals surface area (Å²) in [5.41, 5.74) is 6.59. The van der Waals surface area contributed by atoms with Crippen molar-refractivity contribution >= 4 is 18.3 Å². The molecule has 1 atom stereocenters. The van der Waals surface area contributed by atoms with Gasteiger partial charge in [-0.25, -0.2) is 0 Å². The van der Waals surface area contributed by atoms with Gasteiger partial charge in [0.25, 0.3) is 5.91 Å². The summed E-state index contributed by atoms with van der Waals surface area (Å²) in [5, 5.41) is 3.07. The molecule has 1 unspecified atom stereocenters. The normalized spacial score (nSPS) is 16.9. The number of para-hydroxylation sites is 1. The predicted octanol–water partition coefficient (Wildman–Crippen LogP) is 2.05. The maximum atomic E-state index is 12.3. The number of benzene rings is 1. The van der Waals surface area contributed by atoms with E-state index < -0.39 is 6.10 Å². The van der Waals surface area contributed by atoms with Crippen molar-refractivity contribution in [2.45, 2.75) is 44.8 Å². The van der Waals surface area contributed by atoms with Crippen molar-refractivity contribution in [1.82, 2.24) is 5.32 Å². The average Bonchev–Trinajstić information content (AvgIpc) is 2.89. The molecule has 1 aromatic carbocycles. The molecule has 1 aliphatic heterocycles. The molecule has 4 nitrogen and oxygen atoms in total. The molecular weight excluding hydrogens is 276 g/mol. The van der Waals surface area contributed by atoms with Crippen LogP contribution in [0, 0.1) is 0 Å². The summed E-state index contributed by atoms with van der Waals surface area (Å²) >= 11 is 0. The highest BCUT2D eigenvalue weighted by molar-refractivity contribution is 5.85. The molecule has 1 aromatic rings. The number of hydrogen-bond acceptors (Lipinski definition) is 3. The number of hydrogen-bond donors (Lipinski definition) is 2. The fourth-order valence-electron chi connectivity index (χ4n) is 2.44. The van der Waals surface area contributed by atoms with Gasteiger partial charge in [-0.15, -0.1) is 12.4 Å². The summed E-state index contributed by atoms with van der Waals surface area (Å²) in [7, 11) is 0. The molecule has 0 saturated carbocycles. The van der Waals surface area contributed by atoms with E-state index in [-0.39, 0.29) is 23.9 Å². The fourth-order valence-corrected chi connectivity index (χ4v) is 2.44. The molecule has 0 aliphatic carbocycles. The van der Waals surface area contributed by atoms with Crippen LogP contribution in [0.15, 0.2) is 24.3 Å². The van der Waals surface area contributed by atoms with Gasteiger partial charge in [0, 0.05) is 13.0 Å². The van der Waals surface area contributed by atoms with Crippen molar-refractivity contribution in [3.63, 3.8) is 0 Å².